The monoisotopic (exact) mass is 1150 g/mol. The Kier molecular flexibility index (Phi) is 27.9. The molecule has 0 saturated heterocycles. The van der Waals surface area contributed by atoms with Crippen molar-refractivity contribution in [2.75, 3.05) is 9.83 Å². The molecule has 0 aliphatic carbocycles. The Morgan fingerprint density at radius 3 is 1.68 bits per heavy atom. The average Bonchev–Trinajstić information content (AvgIpc) is 4.12. The summed E-state index contributed by atoms with van der Waals surface area (Å²) in [6.45, 7) is 25.7. The molecule has 1 aliphatic heterocycles. The highest BCUT2D eigenvalue weighted by Crippen LogP contribution is 2.43. The fourth-order valence-electron chi connectivity index (χ4n) is 8.62. The molecule has 0 amide bonds. The lowest BCUT2D eigenvalue weighted by Gasteiger charge is -2.26. The van der Waals surface area contributed by atoms with Crippen LogP contribution in [0.3, 0.4) is 0 Å². The number of benzene rings is 8. The molecule has 3 nitrogen and oxygen atoms in total. The summed E-state index contributed by atoms with van der Waals surface area (Å²) in [6.07, 6.45) is 17.2. The number of hydrogen-bond donors (Lipinski definition) is 1. The Hall–Kier alpha value is -7.19. The van der Waals surface area contributed by atoms with Crippen molar-refractivity contribution in [3.63, 3.8) is 0 Å². The summed E-state index contributed by atoms with van der Waals surface area (Å²) in [5.74, 6) is 0. The number of furan rings is 1. The highest BCUT2D eigenvalue weighted by molar-refractivity contribution is 14.1. The smallest absolute Gasteiger partial charge is 0.136 e. The average molecular weight is 1150 g/mol. The van der Waals surface area contributed by atoms with Crippen molar-refractivity contribution < 1.29 is 4.42 Å². The van der Waals surface area contributed by atoms with Gasteiger partial charge in [-0.25, -0.2) is 0 Å². The third-order valence-electron chi connectivity index (χ3n) is 12.0. The summed E-state index contributed by atoms with van der Waals surface area (Å²) in [5, 5.41) is 8.26. The lowest BCUT2D eigenvalue weighted by molar-refractivity contribution is 0.669. The quantitative estimate of drug-likeness (QED) is 0.0887. The van der Waals surface area contributed by atoms with E-state index in [4.69, 9.17) is 4.42 Å². The van der Waals surface area contributed by atoms with Gasteiger partial charge in [-0.3, -0.25) is 0 Å². The van der Waals surface area contributed by atoms with E-state index in [9.17, 15) is 0 Å². The van der Waals surface area contributed by atoms with Crippen molar-refractivity contribution in [2.24, 2.45) is 0 Å². The molecule has 1 atom stereocenters. The predicted molar refractivity (Wildman–Crippen MR) is 357 cm³/mol. The van der Waals surface area contributed by atoms with Crippen LogP contribution >= 0.6 is 33.9 Å². The van der Waals surface area contributed by atoms with Crippen molar-refractivity contribution in [2.45, 2.75) is 88.6 Å². The third-order valence-corrected chi connectivity index (χ3v) is 13.2. The van der Waals surface area contributed by atoms with E-state index >= 15 is 0 Å². The first kappa shape index (κ1) is 62.4. The zero-order chi connectivity index (χ0) is 56.0. The molecule has 0 saturated carbocycles. The molecule has 1 unspecified atom stereocenters. The molecule has 3 heterocycles. The number of allylic oxidation sites excluding steroid dienone is 7. The molecular weight excluding hydrogens is 1070 g/mol. The van der Waals surface area contributed by atoms with Crippen molar-refractivity contribution in [1.82, 2.24) is 5.32 Å². The minimum atomic E-state index is 0.165. The van der Waals surface area contributed by atoms with Gasteiger partial charge in [0.1, 0.15) is 11.2 Å². The number of nitrogens with one attached hydrogen (secondary N) is 1. The van der Waals surface area contributed by atoms with Gasteiger partial charge < -0.3 is 14.6 Å². The molecule has 1 N–H and O–H groups in total. The standard InChI is InChI=1S/C47H32N2OS.C11H14.C5H8.4C2H6.CH3I/c1-2-8-31(9-3-1)32-13-19-36(20-14-32)49(37-21-15-33(16-22-37)43-11-6-7-27-48-43)38-23-26-47-42(30-38)41-28-34(18-25-46(41)51-47)35-17-24-40-39-10-4-5-12-44(39)50-45(40)29-35;1-3-7-10(2)11-8-5-4-6-9-11;1-3-5-4-2;5*1-2/h1-30,43,48H;4-9H,3H2,1-2H3;3-5H,1H2,2H3;4*1-2H3;1H3/b;10-7+;5-4-;;;;;. The first-order valence-electron chi connectivity index (χ1n) is 27.4. The maximum atomic E-state index is 6.24. The van der Waals surface area contributed by atoms with Gasteiger partial charge in [-0.15, -0.1) is 11.3 Å². The molecule has 0 radical (unpaired) electrons. The van der Waals surface area contributed by atoms with E-state index < -0.39 is 0 Å². The van der Waals surface area contributed by atoms with Gasteiger partial charge in [-0.05, 0) is 149 Å². The fraction of sp³-hybridized carbons (Fsp3) is 0.194. The van der Waals surface area contributed by atoms with Crippen LogP contribution in [-0.2, 0) is 0 Å². The number of hydrogen-bond acceptors (Lipinski definition) is 4. The van der Waals surface area contributed by atoms with Crippen LogP contribution in [0.1, 0.15) is 99.8 Å². The highest BCUT2D eigenvalue weighted by Gasteiger charge is 2.17. The van der Waals surface area contributed by atoms with E-state index in [0.717, 1.165) is 51.0 Å². The SMILES string of the molecule is C1=CNC(c2ccc(N(c3ccc(-c4ccccc4)cc3)c3ccc4sc5ccc(-c6ccc7c(c6)oc6ccccc67)cc5c4c3)cc2)C=C1.C=C/C=C\C.CC.CC.CC.CC.CC/C=C(\C)c1ccccc1.CI. The number of alkyl halides is 1. The zero-order valence-corrected chi connectivity index (χ0v) is 50.6. The van der Waals surface area contributed by atoms with E-state index in [1.54, 1.807) is 6.08 Å². The van der Waals surface area contributed by atoms with Crippen LogP contribution in [0, 0.1) is 0 Å². The van der Waals surface area contributed by atoms with Gasteiger partial charge in [0.25, 0.3) is 0 Å². The van der Waals surface area contributed by atoms with Crippen LogP contribution in [0.4, 0.5) is 17.1 Å². The molecule has 398 valence electrons. The summed E-state index contributed by atoms with van der Waals surface area (Å²) in [5.41, 5.74) is 13.8. The second-order valence-corrected chi connectivity index (χ2v) is 17.5. The molecule has 0 bridgehead atoms. The van der Waals surface area contributed by atoms with Crippen LogP contribution in [0.5, 0.6) is 0 Å². The Morgan fingerprint density at radius 1 is 0.558 bits per heavy atom. The molecule has 2 aromatic heterocycles. The number of thiophene rings is 1. The Morgan fingerprint density at radius 2 is 1.08 bits per heavy atom. The van der Waals surface area contributed by atoms with Gasteiger partial charge in [0.15, 0.2) is 0 Å². The molecule has 1 aliphatic rings. The van der Waals surface area contributed by atoms with Gasteiger partial charge in [0.05, 0.1) is 6.04 Å². The lowest BCUT2D eigenvalue weighted by atomic mass is 10.0. The van der Waals surface area contributed by atoms with Crippen molar-refractivity contribution in [1.29, 1.82) is 0 Å². The van der Waals surface area contributed by atoms with Crippen LogP contribution in [0.2, 0.25) is 0 Å². The summed E-state index contributed by atoms with van der Waals surface area (Å²) >= 11 is 3.99. The van der Waals surface area contributed by atoms with Gasteiger partial charge >= 0.3 is 0 Å². The van der Waals surface area contributed by atoms with Crippen LogP contribution < -0.4 is 10.2 Å². The first-order chi connectivity index (χ1) is 38.0. The van der Waals surface area contributed by atoms with Crippen LogP contribution in [0.25, 0.3) is 69.9 Å². The summed E-state index contributed by atoms with van der Waals surface area (Å²) in [7, 11) is 0. The maximum Gasteiger partial charge on any atom is 0.136 e. The van der Waals surface area contributed by atoms with E-state index in [-0.39, 0.29) is 6.04 Å². The number of anilines is 3. The minimum Gasteiger partial charge on any atom is -0.456 e. The fourth-order valence-corrected chi connectivity index (χ4v) is 9.68. The molecule has 8 aromatic carbocycles. The normalized spacial score (nSPS) is 12.0. The number of dihydropyridines is 1. The second kappa shape index (κ2) is 34.5. The van der Waals surface area contributed by atoms with Gasteiger partial charge in [0, 0.05) is 48.0 Å². The Bertz CT molecular complexity index is 3400. The summed E-state index contributed by atoms with van der Waals surface area (Å²) in [6, 6.07) is 67.6. The molecule has 10 aromatic rings. The lowest BCUT2D eigenvalue weighted by Crippen LogP contribution is -2.15. The van der Waals surface area contributed by atoms with Crippen molar-refractivity contribution >= 4 is 98.7 Å². The van der Waals surface area contributed by atoms with Gasteiger partial charge in [-0.1, -0.05) is 243 Å². The third kappa shape index (κ3) is 16.7. The predicted octanol–water partition coefficient (Wildman–Crippen LogP) is 23.9. The zero-order valence-electron chi connectivity index (χ0n) is 47.6. The number of fused-ring (bicyclic) bond motifs is 6. The van der Waals surface area contributed by atoms with Crippen molar-refractivity contribution in [3.05, 3.63) is 254 Å². The molecule has 11 rings (SSSR count). The number of halogens is 1. The minimum absolute atomic E-state index is 0.165. The molecule has 0 spiro atoms. The van der Waals surface area contributed by atoms with Crippen LogP contribution in [-0.4, -0.2) is 4.93 Å². The number of nitrogens with zero attached hydrogens (tertiary/aromatic N) is 1. The highest BCUT2D eigenvalue weighted by atomic mass is 127. The molecule has 0 fully saturated rings. The van der Waals surface area contributed by atoms with Crippen molar-refractivity contribution in [3.8, 4) is 22.3 Å². The first-order valence-corrected chi connectivity index (χ1v) is 30.4. The number of rotatable bonds is 9. The Labute approximate surface area is 480 Å². The van der Waals surface area contributed by atoms with E-state index in [1.807, 2.05) is 121 Å². The maximum absolute atomic E-state index is 6.24. The molecule has 77 heavy (non-hydrogen) atoms. The summed E-state index contributed by atoms with van der Waals surface area (Å²) < 4.78 is 8.80. The van der Waals surface area contributed by atoms with Gasteiger partial charge in [-0.2, -0.15) is 0 Å². The van der Waals surface area contributed by atoms with Crippen LogP contribution in [0.15, 0.2) is 248 Å². The Balaban J connectivity index is 0.000000415. The van der Waals surface area contributed by atoms with E-state index in [0.29, 0.717) is 0 Å². The molecule has 5 heteroatoms. The molecular formula is C72H81IN2OS. The second-order valence-electron chi connectivity index (χ2n) is 16.5. The summed E-state index contributed by atoms with van der Waals surface area (Å²) in [4.78, 5) is 4.34. The topological polar surface area (TPSA) is 28.4 Å². The van der Waals surface area contributed by atoms with Gasteiger partial charge in [0.2, 0.25) is 0 Å². The van der Waals surface area contributed by atoms with E-state index in [2.05, 4.69) is 241 Å². The number of para-hydroxylation sites is 1. The largest absolute Gasteiger partial charge is 0.456 e. The van der Waals surface area contributed by atoms with E-state index in [1.165, 1.54) is 53.6 Å².